The van der Waals surface area contributed by atoms with Crippen LogP contribution in [0, 0.1) is 0 Å². The summed E-state index contributed by atoms with van der Waals surface area (Å²) in [6.07, 6.45) is 5.45. The molecule has 3 heterocycles. The van der Waals surface area contributed by atoms with Crippen molar-refractivity contribution >= 4 is 50.7 Å². The van der Waals surface area contributed by atoms with E-state index >= 15 is 0 Å². The summed E-state index contributed by atoms with van der Waals surface area (Å²) in [5, 5.41) is 0.714. The van der Waals surface area contributed by atoms with Crippen LogP contribution in [0.1, 0.15) is 36.1 Å². The fraction of sp³-hybridized carbons (Fsp3) is 0.259. The average Bonchev–Trinajstić information content (AvgIpc) is 3.39. The van der Waals surface area contributed by atoms with Crippen LogP contribution in [0.25, 0.3) is 6.08 Å². The number of hydrogen-bond acceptors (Lipinski definition) is 5. The number of amidine groups is 1. The van der Waals surface area contributed by atoms with E-state index in [9.17, 15) is 4.79 Å². The number of rotatable bonds is 6. The number of hydrogen-bond donors (Lipinski definition) is 0. The van der Waals surface area contributed by atoms with E-state index in [0.29, 0.717) is 28.9 Å². The Hall–Kier alpha value is -2.77. The first-order valence-electron chi connectivity index (χ1n) is 11.6. The number of benzene rings is 2. The molecule has 0 unspecified atom stereocenters. The Kier molecular flexibility index (Phi) is 7.21. The summed E-state index contributed by atoms with van der Waals surface area (Å²) in [5.41, 5.74) is 2.18. The minimum atomic E-state index is -0.0484. The van der Waals surface area contributed by atoms with Crippen molar-refractivity contribution in [3.05, 3.63) is 93.0 Å². The second-order valence-corrected chi connectivity index (χ2v) is 10.3. The Morgan fingerprint density at radius 2 is 1.65 bits per heavy atom. The Labute approximate surface area is 212 Å². The monoisotopic (exact) mass is 535 g/mol. The van der Waals surface area contributed by atoms with Gasteiger partial charge in [-0.1, -0.05) is 60.7 Å². The van der Waals surface area contributed by atoms with Gasteiger partial charge in [0.2, 0.25) is 5.88 Å². The summed E-state index contributed by atoms with van der Waals surface area (Å²) in [7, 11) is 0. The Morgan fingerprint density at radius 1 is 0.971 bits per heavy atom. The second-order valence-electron chi connectivity index (χ2n) is 8.42. The molecule has 174 valence electrons. The molecule has 2 aliphatic rings. The maximum Gasteiger partial charge on any atom is 0.267 e. The highest BCUT2D eigenvalue weighted by Gasteiger charge is 2.33. The van der Waals surface area contributed by atoms with E-state index in [1.165, 1.54) is 31.0 Å². The molecule has 0 bridgehead atoms. The summed E-state index contributed by atoms with van der Waals surface area (Å²) >= 11 is 5.05. The van der Waals surface area contributed by atoms with E-state index in [1.807, 2.05) is 72.8 Å². The molecule has 34 heavy (non-hydrogen) atoms. The number of anilines is 1. The normalized spacial score (nSPS) is 18.9. The van der Waals surface area contributed by atoms with Gasteiger partial charge in [0.25, 0.3) is 5.91 Å². The predicted molar refractivity (Wildman–Crippen MR) is 143 cm³/mol. The zero-order chi connectivity index (χ0) is 23.3. The molecular weight excluding hydrogens is 510 g/mol. The predicted octanol–water partition coefficient (Wildman–Crippen LogP) is 6.71. The third-order valence-electron chi connectivity index (χ3n) is 5.92. The fourth-order valence-corrected chi connectivity index (χ4v) is 5.68. The third-order valence-corrected chi connectivity index (χ3v) is 7.53. The number of piperidine rings is 1. The van der Waals surface area contributed by atoms with Gasteiger partial charge in [-0.25, -0.2) is 0 Å². The van der Waals surface area contributed by atoms with Crippen LogP contribution < -0.4 is 4.90 Å². The highest BCUT2D eigenvalue weighted by atomic mass is 79.9. The highest BCUT2D eigenvalue weighted by molar-refractivity contribution is 9.10. The first-order valence-corrected chi connectivity index (χ1v) is 13.2. The van der Waals surface area contributed by atoms with Crippen LogP contribution in [-0.2, 0) is 17.9 Å². The number of carbonyl (C=O) groups excluding carboxylic acids is 1. The molecule has 2 saturated heterocycles. The van der Waals surface area contributed by atoms with Gasteiger partial charge in [-0.05, 0) is 58.1 Å². The van der Waals surface area contributed by atoms with E-state index < -0.39 is 0 Å². The van der Waals surface area contributed by atoms with Crippen LogP contribution in [0.4, 0.5) is 5.88 Å². The minimum absolute atomic E-state index is 0.0484. The molecule has 0 spiro atoms. The molecule has 2 aromatic carbocycles. The molecule has 0 atom stereocenters. The molecule has 2 fully saturated rings. The molecule has 5 nitrogen and oxygen atoms in total. The van der Waals surface area contributed by atoms with Crippen molar-refractivity contribution < 1.29 is 9.21 Å². The highest BCUT2D eigenvalue weighted by Crippen LogP contribution is 2.37. The zero-order valence-electron chi connectivity index (χ0n) is 18.8. The zero-order valence-corrected chi connectivity index (χ0v) is 21.2. The number of furan rings is 1. The summed E-state index contributed by atoms with van der Waals surface area (Å²) in [6, 6.07) is 22.1. The smallest absolute Gasteiger partial charge is 0.267 e. The molecule has 2 aliphatic heterocycles. The number of nitrogens with zero attached hydrogens (tertiary/aromatic N) is 3. The molecule has 0 N–H and O–H groups in total. The lowest BCUT2D eigenvalue weighted by Gasteiger charge is -2.26. The van der Waals surface area contributed by atoms with E-state index in [1.54, 1.807) is 4.90 Å². The summed E-state index contributed by atoms with van der Waals surface area (Å²) in [4.78, 5) is 22.9. The standard InChI is InChI=1S/C27H26BrN3O2S/c28-23-16-22(33-26(23)30-14-8-3-9-15-30)17-24-25(32)31(19-21-12-6-2-7-13-21)27(34-24)29-18-20-10-4-1-5-11-20/h1-2,4-7,10-13,16-17H,3,8-9,14-15,18-19H2/b24-17+,29-27?. The molecule has 5 rings (SSSR count). The second kappa shape index (κ2) is 10.7. The molecule has 1 amide bonds. The summed E-state index contributed by atoms with van der Waals surface area (Å²) < 4.78 is 7.09. The number of carbonyl (C=O) groups is 1. The molecule has 0 aliphatic carbocycles. The van der Waals surface area contributed by atoms with Crippen LogP contribution in [0.2, 0.25) is 0 Å². The molecule has 3 aromatic rings. The largest absolute Gasteiger partial charge is 0.440 e. The van der Waals surface area contributed by atoms with Gasteiger partial charge in [-0.3, -0.25) is 14.7 Å². The molecular formula is C27H26BrN3O2S. The third kappa shape index (κ3) is 5.31. The summed E-state index contributed by atoms with van der Waals surface area (Å²) in [6.45, 7) is 3.01. The van der Waals surface area contributed by atoms with E-state index in [-0.39, 0.29) is 5.91 Å². The van der Waals surface area contributed by atoms with Gasteiger partial charge in [0.1, 0.15) is 5.76 Å². The molecule has 0 saturated carbocycles. The van der Waals surface area contributed by atoms with Crippen LogP contribution in [0.3, 0.4) is 0 Å². The summed E-state index contributed by atoms with van der Waals surface area (Å²) in [5.74, 6) is 1.47. The fourth-order valence-electron chi connectivity index (χ4n) is 4.16. The van der Waals surface area contributed by atoms with Crippen molar-refractivity contribution in [2.75, 3.05) is 18.0 Å². The topological polar surface area (TPSA) is 49.1 Å². The SMILES string of the molecule is O=C1/C(=C\c2cc(Br)c(N3CCCCC3)o2)SC(=NCc2ccccc2)N1Cc1ccccc1. The first kappa shape index (κ1) is 23.0. The van der Waals surface area contributed by atoms with Gasteiger partial charge in [-0.2, -0.15) is 0 Å². The van der Waals surface area contributed by atoms with Crippen LogP contribution in [0.15, 0.2) is 85.5 Å². The number of aliphatic imine (C=N–C) groups is 1. The van der Waals surface area contributed by atoms with Crippen molar-refractivity contribution in [2.45, 2.75) is 32.4 Å². The molecule has 1 aromatic heterocycles. The maximum absolute atomic E-state index is 13.4. The van der Waals surface area contributed by atoms with Gasteiger partial charge in [0.15, 0.2) is 5.17 Å². The lowest BCUT2D eigenvalue weighted by molar-refractivity contribution is -0.122. The lowest BCUT2D eigenvalue weighted by atomic mass is 10.1. The Morgan fingerprint density at radius 3 is 2.35 bits per heavy atom. The van der Waals surface area contributed by atoms with E-state index in [2.05, 4.69) is 20.8 Å². The van der Waals surface area contributed by atoms with Crippen molar-refractivity contribution in [1.82, 2.24) is 4.90 Å². The Balaban J connectivity index is 1.41. The number of amides is 1. The van der Waals surface area contributed by atoms with E-state index in [4.69, 9.17) is 9.41 Å². The number of halogens is 1. The van der Waals surface area contributed by atoms with Crippen molar-refractivity contribution in [3.63, 3.8) is 0 Å². The van der Waals surface area contributed by atoms with Crippen LogP contribution in [0.5, 0.6) is 0 Å². The van der Waals surface area contributed by atoms with E-state index in [0.717, 1.165) is 34.6 Å². The molecule has 0 radical (unpaired) electrons. The van der Waals surface area contributed by atoms with Gasteiger partial charge in [0.05, 0.1) is 22.5 Å². The first-order chi connectivity index (χ1) is 16.7. The average molecular weight is 536 g/mol. The number of thioether (sulfide) groups is 1. The lowest BCUT2D eigenvalue weighted by Crippen LogP contribution is -2.29. The Bertz CT molecular complexity index is 1200. The molecule has 7 heteroatoms. The quantitative estimate of drug-likeness (QED) is 0.329. The van der Waals surface area contributed by atoms with Crippen molar-refractivity contribution in [3.8, 4) is 0 Å². The van der Waals surface area contributed by atoms with Gasteiger partial charge in [0, 0.05) is 25.2 Å². The maximum atomic E-state index is 13.4. The van der Waals surface area contributed by atoms with Gasteiger partial charge in [-0.15, -0.1) is 0 Å². The van der Waals surface area contributed by atoms with Crippen molar-refractivity contribution in [2.24, 2.45) is 4.99 Å². The van der Waals surface area contributed by atoms with Gasteiger partial charge < -0.3 is 9.32 Å². The van der Waals surface area contributed by atoms with Crippen LogP contribution >= 0.6 is 27.7 Å². The van der Waals surface area contributed by atoms with Crippen molar-refractivity contribution in [1.29, 1.82) is 0 Å². The van der Waals surface area contributed by atoms with Gasteiger partial charge >= 0.3 is 0 Å². The van der Waals surface area contributed by atoms with Crippen LogP contribution in [-0.4, -0.2) is 29.1 Å². The minimum Gasteiger partial charge on any atom is -0.440 e.